The fraction of sp³-hybridized carbons (Fsp3) is 0.174. The topological polar surface area (TPSA) is 84.0 Å². The van der Waals surface area contributed by atoms with Gasteiger partial charge in [-0.3, -0.25) is 0 Å². The molecular weight excluding hydrogens is 408 g/mol. The molecule has 3 N–H and O–H groups in total. The Kier molecular flexibility index (Phi) is 5.47. The molecule has 0 atom stereocenters. The van der Waals surface area contributed by atoms with Gasteiger partial charge in [0.1, 0.15) is 11.6 Å². The van der Waals surface area contributed by atoms with Gasteiger partial charge in [-0.05, 0) is 60.5 Å². The molecule has 0 fully saturated rings. The molecule has 0 aliphatic carbocycles. The van der Waals surface area contributed by atoms with E-state index in [4.69, 9.17) is 4.74 Å². The quantitative estimate of drug-likeness (QED) is 0.399. The summed E-state index contributed by atoms with van der Waals surface area (Å²) in [4.78, 5) is 13.3. The largest absolute Gasteiger partial charge is 0.495 e. The van der Waals surface area contributed by atoms with E-state index in [1.165, 1.54) is 11.1 Å². The summed E-state index contributed by atoms with van der Waals surface area (Å²) in [6.45, 7) is 1.89. The molecule has 0 radical (unpaired) electrons. The third kappa shape index (κ3) is 4.35. The predicted molar refractivity (Wildman–Crippen MR) is 127 cm³/mol. The number of thiazole rings is 1. The van der Waals surface area contributed by atoms with Crippen LogP contribution >= 0.6 is 11.3 Å². The van der Waals surface area contributed by atoms with Crippen LogP contribution in [0.5, 0.6) is 5.75 Å². The third-order valence-electron chi connectivity index (χ3n) is 5.14. The molecule has 2 aromatic carbocycles. The van der Waals surface area contributed by atoms with Crippen LogP contribution in [-0.2, 0) is 0 Å². The lowest BCUT2D eigenvalue weighted by atomic mass is 9.99. The average Bonchev–Trinajstić information content (AvgIpc) is 3.28. The molecule has 5 rings (SSSR count). The van der Waals surface area contributed by atoms with Crippen molar-refractivity contribution in [1.29, 1.82) is 0 Å². The Balaban J connectivity index is 1.39. The molecule has 0 unspecified atom stereocenters. The molecule has 8 heteroatoms. The maximum absolute atomic E-state index is 5.55. The highest BCUT2D eigenvalue weighted by Gasteiger charge is 2.11. The lowest BCUT2D eigenvalue weighted by molar-refractivity contribution is 0.416. The van der Waals surface area contributed by atoms with Crippen molar-refractivity contribution in [1.82, 2.24) is 20.3 Å². The Labute approximate surface area is 184 Å². The van der Waals surface area contributed by atoms with Crippen molar-refractivity contribution in [3.8, 4) is 5.75 Å². The van der Waals surface area contributed by atoms with Crippen molar-refractivity contribution in [2.75, 3.05) is 30.8 Å². The average molecular weight is 431 g/mol. The van der Waals surface area contributed by atoms with Crippen molar-refractivity contribution >= 4 is 50.3 Å². The number of ether oxygens (including phenoxy) is 1. The van der Waals surface area contributed by atoms with Gasteiger partial charge in [0.15, 0.2) is 0 Å². The molecule has 0 saturated heterocycles. The molecule has 0 spiro atoms. The lowest BCUT2D eigenvalue weighted by Gasteiger charge is -2.17. The van der Waals surface area contributed by atoms with E-state index in [1.807, 2.05) is 29.8 Å². The van der Waals surface area contributed by atoms with Crippen molar-refractivity contribution in [2.45, 2.75) is 6.42 Å². The zero-order valence-corrected chi connectivity index (χ0v) is 17.9. The number of anilines is 4. The minimum atomic E-state index is 0.499. The molecular formula is C23H22N6OS. The zero-order chi connectivity index (χ0) is 21.0. The van der Waals surface area contributed by atoms with E-state index in [1.54, 1.807) is 24.6 Å². The summed E-state index contributed by atoms with van der Waals surface area (Å²) in [5.74, 6) is 1.95. The van der Waals surface area contributed by atoms with E-state index in [-0.39, 0.29) is 0 Å². The Morgan fingerprint density at radius 2 is 2.03 bits per heavy atom. The van der Waals surface area contributed by atoms with Gasteiger partial charge in [-0.2, -0.15) is 4.98 Å². The maximum Gasteiger partial charge on any atom is 0.229 e. The zero-order valence-electron chi connectivity index (χ0n) is 17.1. The molecule has 1 aliphatic rings. The number of hydrogen-bond donors (Lipinski definition) is 3. The van der Waals surface area contributed by atoms with Crippen LogP contribution in [0.1, 0.15) is 12.0 Å². The van der Waals surface area contributed by atoms with Gasteiger partial charge in [0.25, 0.3) is 0 Å². The molecule has 1 aliphatic heterocycles. The van der Waals surface area contributed by atoms with Crippen LogP contribution in [-0.4, -0.2) is 35.2 Å². The van der Waals surface area contributed by atoms with Crippen molar-refractivity contribution in [2.24, 2.45) is 0 Å². The molecule has 0 amide bonds. The summed E-state index contributed by atoms with van der Waals surface area (Å²) in [6.07, 6.45) is 4.97. The standard InChI is InChI=1S/C23H22N6OS/c1-30-20-5-2-16(15-6-9-24-10-7-15)12-19(20)28-23-25-11-8-22(29-23)27-17-3-4-18-21(13-17)31-14-26-18/h2-6,8,11-14,24H,7,9-10H2,1H3,(H2,25,27,28,29). The summed E-state index contributed by atoms with van der Waals surface area (Å²) in [6, 6.07) is 14.1. The van der Waals surface area contributed by atoms with Gasteiger partial charge < -0.3 is 20.7 Å². The number of methoxy groups -OCH3 is 1. The Hall–Kier alpha value is -3.49. The number of rotatable bonds is 6. The predicted octanol–water partition coefficient (Wildman–Crippen LogP) is 4.96. The van der Waals surface area contributed by atoms with E-state index >= 15 is 0 Å². The highest BCUT2D eigenvalue weighted by atomic mass is 32.1. The van der Waals surface area contributed by atoms with Gasteiger partial charge in [-0.1, -0.05) is 12.1 Å². The van der Waals surface area contributed by atoms with E-state index in [0.29, 0.717) is 11.8 Å². The Morgan fingerprint density at radius 1 is 1.06 bits per heavy atom. The van der Waals surface area contributed by atoms with Gasteiger partial charge in [0.2, 0.25) is 5.95 Å². The number of hydrogen-bond acceptors (Lipinski definition) is 8. The van der Waals surface area contributed by atoms with Crippen LogP contribution in [0.15, 0.2) is 60.2 Å². The molecule has 3 heterocycles. The second-order valence-electron chi connectivity index (χ2n) is 7.15. The lowest BCUT2D eigenvalue weighted by Crippen LogP contribution is -2.20. The second kappa shape index (κ2) is 8.71. The highest BCUT2D eigenvalue weighted by molar-refractivity contribution is 7.16. The van der Waals surface area contributed by atoms with Crippen molar-refractivity contribution in [3.05, 3.63) is 65.8 Å². The fourth-order valence-electron chi connectivity index (χ4n) is 3.58. The number of aromatic nitrogens is 3. The minimum absolute atomic E-state index is 0.499. The van der Waals surface area contributed by atoms with E-state index in [0.717, 1.165) is 46.9 Å². The first-order valence-corrected chi connectivity index (χ1v) is 10.9. The Bertz CT molecular complexity index is 1250. The first-order chi connectivity index (χ1) is 15.3. The molecule has 2 aromatic heterocycles. The summed E-state index contributed by atoms with van der Waals surface area (Å²) in [5.41, 5.74) is 7.15. The van der Waals surface area contributed by atoms with Crippen molar-refractivity contribution < 1.29 is 4.74 Å². The highest BCUT2D eigenvalue weighted by Crippen LogP contribution is 2.32. The minimum Gasteiger partial charge on any atom is -0.495 e. The molecule has 4 aromatic rings. The van der Waals surface area contributed by atoms with Crippen molar-refractivity contribution in [3.63, 3.8) is 0 Å². The number of nitrogens with one attached hydrogen (secondary N) is 3. The Morgan fingerprint density at radius 3 is 2.90 bits per heavy atom. The summed E-state index contributed by atoms with van der Waals surface area (Å²) < 4.78 is 6.68. The number of benzene rings is 2. The van der Waals surface area contributed by atoms with E-state index in [2.05, 4.69) is 55.2 Å². The van der Waals surface area contributed by atoms with Crippen LogP contribution in [0, 0.1) is 0 Å². The number of fused-ring (bicyclic) bond motifs is 1. The summed E-state index contributed by atoms with van der Waals surface area (Å²) in [5, 5.41) is 10.0. The normalized spacial score (nSPS) is 13.6. The van der Waals surface area contributed by atoms with Crippen LogP contribution in [0.2, 0.25) is 0 Å². The number of nitrogens with zero attached hydrogens (tertiary/aromatic N) is 3. The first-order valence-electron chi connectivity index (χ1n) is 10.1. The van der Waals surface area contributed by atoms with Crippen LogP contribution < -0.4 is 20.7 Å². The fourth-order valence-corrected chi connectivity index (χ4v) is 4.30. The summed E-state index contributed by atoms with van der Waals surface area (Å²) >= 11 is 1.62. The second-order valence-corrected chi connectivity index (χ2v) is 8.04. The van der Waals surface area contributed by atoms with Crippen LogP contribution in [0.25, 0.3) is 15.8 Å². The van der Waals surface area contributed by atoms with Gasteiger partial charge in [0, 0.05) is 18.4 Å². The molecule has 0 bridgehead atoms. The van der Waals surface area contributed by atoms with Crippen LogP contribution in [0.3, 0.4) is 0 Å². The third-order valence-corrected chi connectivity index (χ3v) is 5.93. The molecule has 0 saturated carbocycles. The van der Waals surface area contributed by atoms with Gasteiger partial charge >= 0.3 is 0 Å². The van der Waals surface area contributed by atoms with E-state index in [9.17, 15) is 0 Å². The summed E-state index contributed by atoms with van der Waals surface area (Å²) in [7, 11) is 1.67. The first kappa shape index (κ1) is 19.5. The van der Waals surface area contributed by atoms with Crippen LogP contribution in [0.4, 0.5) is 23.1 Å². The van der Waals surface area contributed by atoms with Gasteiger partial charge in [0.05, 0.1) is 28.5 Å². The monoisotopic (exact) mass is 430 g/mol. The smallest absolute Gasteiger partial charge is 0.229 e. The maximum atomic E-state index is 5.55. The van der Waals surface area contributed by atoms with Gasteiger partial charge in [-0.15, -0.1) is 11.3 Å². The van der Waals surface area contributed by atoms with E-state index < -0.39 is 0 Å². The molecule has 31 heavy (non-hydrogen) atoms. The molecule has 7 nitrogen and oxygen atoms in total. The SMILES string of the molecule is COc1ccc(C2=CCNCC2)cc1Nc1nccc(Nc2ccc3ncsc3c2)n1. The molecule has 156 valence electrons. The van der Waals surface area contributed by atoms with Gasteiger partial charge in [-0.25, -0.2) is 9.97 Å².